The standard InChI is InChI=1S/C10H12BrNO4S/c1-7-3-8(11)5-9(4-7)12-17(14,15)6-10(13)16-2/h3-5,12H,6H2,1-2H3. The van der Waals surface area contributed by atoms with Crippen molar-refractivity contribution in [1.82, 2.24) is 0 Å². The third-order valence-corrected chi connectivity index (χ3v) is 3.47. The van der Waals surface area contributed by atoms with Crippen LogP contribution in [0.3, 0.4) is 0 Å². The lowest BCUT2D eigenvalue weighted by molar-refractivity contribution is -0.137. The van der Waals surface area contributed by atoms with Crippen LogP contribution in [0.4, 0.5) is 5.69 Å². The summed E-state index contributed by atoms with van der Waals surface area (Å²) in [6, 6.07) is 5.12. The number of benzene rings is 1. The van der Waals surface area contributed by atoms with Gasteiger partial charge in [0.15, 0.2) is 5.75 Å². The Labute approximate surface area is 108 Å². The highest BCUT2D eigenvalue weighted by molar-refractivity contribution is 9.10. The van der Waals surface area contributed by atoms with Crippen LogP contribution >= 0.6 is 15.9 Å². The lowest BCUT2D eigenvalue weighted by Gasteiger charge is -2.08. The molecular formula is C10H12BrNO4S. The van der Waals surface area contributed by atoms with E-state index in [1.807, 2.05) is 13.0 Å². The van der Waals surface area contributed by atoms with Crippen LogP contribution in [0.1, 0.15) is 5.56 Å². The van der Waals surface area contributed by atoms with E-state index in [9.17, 15) is 13.2 Å². The van der Waals surface area contributed by atoms with Crippen molar-refractivity contribution in [2.45, 2.75) is 6.92 Å². The van der Waals surface area contributed by atoms with Gasteiger partial charge in [-0.2, -0.15) is 0 Å². The van der Waals surface area contributed by atoms with Crippen molar-refractivity contribution in [2.75, 3.05) is 17.6 Å². The zero-order chi connectivity index (χ0) is 13.1. The van der Waals surface area contributed by atoms with Crippen molar-refractivity contribution in [3.8, 4) is 0 Å². The lowest BCUT2D eigenvalue weighted by atomic mass is 10.2. The number of carbonyl (C=O) groups is 1. The second-order valence-corrected chi connectivity index (χ2v) is 6.09. The van der Waals surface area contributed by atoms with Gasteiger partial charge < -0.3 is 4.74 Å². The number of methoxy groups -OCH3 is 1. The third kappa shape index (κ3) is 4.74. The highest BCUT2D eigenvalue weighted by Gasteiger charge is 2.17. The van der Waals surface area contributed by atoms with Gasteiger partial charge in [-0.3, -0.25) is 9.52 Å². The van der Waals surface area contributed by atoms with Gasteiger partial charge in [0.05, 0.1) is 7.11 Å². The number of halogens is 1. The SMILES string of the molecule is COC(=O)CS(=O)(=O)Nc1cc(C)cc(Br)c1. The first-order valence-corrected chi connectivity index (χ1v) is 7.11. The number of nitrogens with one attached hydrogen (secondary N) is 1. The van der Waals surface area contributed by atoms with Gasteiger partial charge in [0.2, 0.25) is 10.0 Å². The maximum Gasteiger partial charge on any atom is 0.322 e. The predicted octanol–water partition coefficient (Wildman–Crippen LogP) is 1.67. The fourth-order valence-electron chi connectivity index (χ4n) is 1.22. The Kier molecular flexibility index (Phi) is 4.53. The Balaban J connectivity index is 2.86. The maximum absolute atomic E-state index is 11.6. The molecule has 0 saturated heterocycles. The fraction of sp³-hybridized carbons (Fsp3) is 0.300. The number of esters is 1. The molecule has 5 nitrogen and oxygen atoms in total. The third-order valence-electron chi connectivity index (χ3n) is 1.85. The van der Waals surface area contributed by atoms with E-state index in [0.29, 0.717) is 5.69 Å². The number of ether oxygens (including phenoxy) is 1. The monoisotopic (exact) mass is 321 g/mol. The van der Waals surface area contributed by atoms with E-state index in [2.05, 4.69) is 25.4 Å². The van der Waals surface area contributed by atoms with Gasteiger partial charge in [0, 0.05) is 10.2 Å². The van der Waals surface area contributed by atoms with Crippen LogP contribution in [0.25, 0.3) is 0 Å². The van der Waals surface area contributed by atoms with Gasteiger partial charge in [-0.25, -0.2) is 8.42 Å². The van der Waals surface area contributed by atoms with Crippen molar-refractivity contribution >= 4 is 37.6 Å². The largest absolute Gasteiger partial charge is 0.468 e. The van der Waals surface area contributed by atoms with E-state index in [1.54, 1.807) is 12.1 Å². The number of aryl methyl sites for hydroxylation is 1. The highest BCUT2D eigenvalue weighted by Crippen LogP contribution is 2.20. The molecule has 0 amide bonds. The molecule has 7 heteroatoms. The van der Waals surface area contributed by atoms with E-state index in [0.717, 1.165) is 17.1 Å². The Bertz CT molecular complexity index is 507. The van der Waals surface area contributed by atoms with Crippen LogP contribution in [-0.2, 0) is 19.6 Å². The Morgan fingerprint density at radius 2 is 2.06 bits per heavy atom. The van der Waals surface area contributed by atoms with Crippen LogP contribution in [0.2, 0.25) is 0 Å². The molecule has 0 aliphatic carbocycles. The molecule has 0 aromatic heterocycles. The smallest absolute Gasteiger partial charge is 0.322 e. The van der Waals surface area contributed by atoms with Crippen molar-refractivity contribution < 1.29 is 17.9 Å². The minimum Gasteiger partial charge on any atom is -0.468 e. The molecule has 0 saturated carbocycles. The van der Waals surface area contributed by atoms with Crippen LogP contribution < -0.4 is 4.72 Å². The molecule has 0 aliphatic rings. The van der Waals surface area contributed by atoms with Crippen LogP contribution in [0, 0.1) is 6.92 Å². The van der Waals surface area contributed by atoms with E-state index in [4.69, 9.17) is 0 Å². The van der Waals surface area contributed by atoms with E-state index >= 15 is 0 Å². The topological polar surface area (TPSA) is 72.5 Å². The average Bonchev–Trinajstić information content (AvgIpc) is 2.13. The second-order valence-electron chi connectivity index (χ2n) is 3.45. The summed E-state index contributed by atoms with van der Waals surface area (Å²) in [5, 5.41) is 0. The van der Waals surface area contributed by atoms with Crippen LogP contribution in [0.5, 0.6) is 0 Å². The Morgan fingerprint density at radius 3 is 2.59 bits per heavy atom. The molecule has 0 atom stereocenters. The summed E-state index contributed by atoms with van der Waals surface area (Å²) in [7, 11) is -2.58. The number of anilines is 1. The molecule has 1 aromatic carbocycles. The molecule has 0 spiro atoms. The first kappa shape index (κ1) is 14.0. The lowest BCUT2D eigenvalue weighted by Crippen LogP contribution is -2.23. The van der Waals surface area contributed by atoms with E-state index in [1.165, 1.54) is 0 Å². The molecule has 0 bridgehead atoms. The molecule has 1 rings (SSSR count). The normalized spacial score (nSPS) is 11.0. The van der Waals surface area contributed by atoms with Crippen LogP contribution in [0.15, 0.2) is 22.7 Å². The summed E-state index contributed by atoms with van der Waals surface area (Å²) in [5.41, 5.74) is 1.30. The van der Waals surface area contributed by atoms with Crippen molar-refractivity contribution in [3.63, 3.8) is 0 Å². The predicted molar refractivity (Wildman–Crippen MR) is 68.3 cm³/mol. The van der Waals surface area contributed by atoms with Crippen molar-refractivity contribution in [1.29, 1.82) is 0 Å². The number of carbonyl (C=O) groups excluding carboxylic acids is 1. The maximum atomic E-state index is 11.6. The summed E-state index contributed by atoms with van der Waals surface area (Å²) in [6.45, 7) is 1.84. The summed E-state index contributed by atoms with van der Waals surface area (Å²) in [5.74, 6) is -1.50. The number of sulfonamides is 1. The van der Waals surface area contributed by atoms with E-state index in [-0.39, 0.29) is 0 Å². The van der Waals surface area contributed by atoms with Gasteiger partial charge in [-0.05, 0) is 30.7 Å². The second kappa shape index (κ2) is 5.50. The Hall–Kier alpha value is -1.08. The molecule has 1 aromatic rings. The van der Waals surface area contributed by atoms with Crippen LogP contribution in [-0.4, -0.2) is 27.2 Å². The first-order valence-electron chi connectivity index (χ1n) is 4.67. The van der Waals surface area contributed by atoms with Gasteiger partial charge in [-0.1, -0.05) is 15.9 Å². The zero-order valence-corrected chi connectivity index (χ0v) is 11.8. The molecule has 0 fully saturated rings. The fourth-order valence-corrected chi connectivity index (χ4v) is 2.81. The van der Waals surface area contributed by atoms with Crippen molar-refractivity contribution in [2.24, 2.45) is 0 Å². The molecule has 0 radical (unpaired) electrons. The summed E-state index contributed by atoms with van der Waals surface area (Å²) in [4.78, 5) is 10.9. The molecule has 1 N–H and O–H groups in total. The molecule has 0 aliphatic heterocycles. The van der Waals surface area contributed by atoms with Gasteiger partial charge in [0.1, 0.15) is 0 Å². The Morgan fingerprint density at radius 1 is 1.41 bits per heavy atom. The molecule has 0 unspecified atom stereocenters. The molecule has 94 valence electrons. The summed E-state index contributed by atoms with van der Waals surface area (Å²) in [6.07, 6.45) is 0. The highest BCUT2D eigenvalue weighted by atomic mass is 79.9. The minimum atomic E-state index is -3.72. The number of rotatable bonds is 4. The summed E-state index contributed by atoms with van der Waals surface area (Å²) >= 11 is 3.26. The van der Waals surface area contributed by atoms with E-state index < -0.39 is 21.7 Å². The average molecular weight is 322 g/mol. The van der Waals surface area contributed by atoms with Gasteiger partial charge in [0.25, 0.3) is 0 Å². The number of hydrogen-bond acceptors (Lipinski definition) is 4. The molecule has 17 heavy (non-hydrogen) atoms. The number of hydrogen-bond donors (Lipinski definition) is 1. The van der Waals surface area contributed by atoms with Crippen molar-refractivity contribution in [3.05, 3.63) is 28.2 Å². The molecule has 0 heterocycles. The quantitative estimate of drug-likeness (QED) is 0.856. The van der Waals surface area contributed by atoms with Gasteiger partial charge in [-0.15, -0.1) is 0 Å². The molecular weight excluding hydrogens is 310 g/mol. The summed E-state index contributed by atoms with van der Waals surface area (Å²) < 4.78 is 30.5. The minimum absolute atomic E-state index is 0.403. The first-order chi connectivity index (χ1) is 7.82. The van der Waals surface area contributed by atoms with Gasteiger partial charge >= 0.3 is 5.97 Å². The zero-order valence-electron chi connectivity index (χ0n) is 9.36.